The fourth-order valence-electron chi connectivity index (χ4n) is 2.73. The zero-order chi connectivity index (χ0) is 17.8. The van der Waals surface area contributed by atoms with Gasteiger partial charge in [0.25, 0.3) is 0 Å². The van der Waals surface area contributed by atoms with Crippen molar-refractivity contribution in [2.24, 2.45) is 0 Å². The molecule has 0 radical (unpaired) electrons. The van der Waals surface area contributed by atoms with E-state index in [-0.39, 0.29) is 12.1 Å². The van der Waals surface area contributed by atoms with Gasteiger partial charge in [0.05, 0.1) is 12.2 Å². The van der Waals surface area contributed by atoms with Crippen LogP contribution >= 0.6 is 11.6 Å². The highest BCUT2D eigenvalue weighted by Crippen LogP contribution is 2.15. The number of hydrogen-bond donors (Lipinski definition) is 1. The molecule has 3 rings (SSSR count). The number of nitrogens with zero attached hydrogens (tertiary/aromatic N) is 6. The molecule has 1 fully saturated rings. The molecule has 1 aliphatic heterocycles. The van der Waals surface area contributed by atoms with Gasteiger partial charge >= 0.3 is 6.03 Å². The van der Waals surface area contributed by atoms with Crippen molar-refractivity contribution < 1.29 is 4.79 Å². The summed E-state index contributed by atoms with van der Waals surface area (Å²) in [7, 11) is 0. The molecule has 2 heterocycles. The van der Waals surface area contributed by atoms with Crippen molar-refractivity contribution in [3.05, 3.63) is 35.1 Å². The smallest absolute Gasteiger partial charge is 0.317 e. The van der Waals surface area contributed by atoms with Crippen LogP contribution in [0.4, 0.5) is 4.79 Å². The molecule has 134 valence electrons. The fourth-order valence-corrected chi connectivity index (χ4v) is 2.86. The minimum atomic E-state index is 0.000600. The van der Waals surface area contributed by atoms with Crippen molar-refractivity contribution in [3.8, 4) is 5.69 Å². The average molecular weight is 364 g/mol. The minimum Gasteiger partial charge on any atom is -0.336 e. The number of carbonyl (C=O) groups is 1. The number of tetrazole rings is 1. The molecular weight excluding hydrogens is 342 g/mol. The number of carbonyl (C=O) groups excluding carboxylic acids is 1. The molecule has 0 spiro atoms. The van der Waals surface area contributed by atoms with Gasteiger partial charge in [0.15, 0.2) is 5.82 Å². The van der Waals surface area contributed by atoms with Gasteiger partial charge in [-0.25, -0.2) is 4.79 Å². The second-order valence-electron chi connectivity index (χ2n) is 6.35. The lowest BCUT2D eigenvalue weighted by atomic mass is 10.3. The Labute approximate surface area is 151 Å². The molecule has 0 bridgehead atoms. The van der Waals surface area contributed by atoms with E-state index in [1.807, 2.05) is 43.0 Å². The molecule has 0 saturated carbocycles. The number of rotatable bonds is 4. The molecule has 0 aliphatic carbocycles. The van der Waals surface area contributed by atoms with Crippen LogP contribution in [0, 0.1) is 0 Å². The lowest BCUT2D eigenvalue weighted by Gasteiger charge is -2.34. The van der Waals surface area contributed by atoms with Gasteiger partial charge < -0.3 is 10.2 Å². The van der Waals surface area contributed by atoms with Crippen molar-refractivity contribution >= 4 is 17.6 Å². The molecule has 1 aromatic heterocycles. The molecule has 1 aromatic carbocycles. The van der Waals surface area contributed by atoms with Crippen LogP contribution in [0.15, 0.2) is 24.3 Å². The van der Waals surface area contributed by atoms with E-state index < -0.39 is 0 Å². The molecular formula is C16H22ClN7O. The van der Waals surface area contributed by atoms with Gasteiger partial charge in [-0.2, -0.15) is 4.68 Å². The second-order valence-corrected chi connectivity index (χ2v) is 6.79. The lowest BCUT2D eigenvalue weighted by Crippen LogP contribution is -2.52. The van der Waals surface area contributed by atoms with Crippen LogP contribution < -0.4 is 5.32 Å². The zero-order valence-corrected chi connectivity index (χ0v) is 15.1. The van der Waals surface area contributed by atoms with Crippen LogP contribution in [0.25, 0.3) is 5.69 Å². The summed E-state index contributed by atoms with van der Waals surface area (Å²) in [6.45, 7) is 7.53. The van der Waals surface area contributed by atoms with E-state index in [0.29, 0.717) is 24.7 Å². The third kappa shape index (κ3) is 4.46. The predicted molar refractivity (Wildman–Crippen MR) is 94.7 cm³/mol. The topological polar surface area (TPSA) is 79.2 Å². The van der Waals surface area contributed by atoms with Crippen LogP contribution in [0.3, 0.4) is 0 Å². The van der Waals surface area contributed by atoms with Crippen LogP contribution in [-0.4, -0.2) is 68.3 Å². The zero-order valence-electron chi connectivity index (χ0n) is 14.4. The van der Waals surface area contributed by atoms with Gasteiger partial charge in [0.1, 0.15) is 0 Å². The average Bonchev–Trinajstić information content (AvgIpc) is 3.03. The molecule has 1 N–H and O–H groups in total. The Morgan fingerprint density at radius 2 is 1.88 bits per heavy atom. The summed E-state index contributed by atoms with van der Waals surface area (Å²) in [6, 6.07) is 7.55. The van der Waals surface area contributed by atoms with E-state index in [2.05, 4.69) is 25.7 Å². The number of piperazine rings is 1. The Hall–Kier alpha value is -2.19. The van der Waals surface area contributed by atoms with Gasteiger partial charge in [-0.3, -0.25) is 4.90 Å². The quantitative estimate of drug-likeness (QED) is 0.891. The number of benzene rings is 1. The van der Waals surface area contributed by atoms with Gasteiger partial charge in [-0.05, 0) is 48.5 Å². The molecule has 9 heteroatoms. The van der Waals surface area contributed by atoms with Crippen molar-refractivity contribution in [2.45, 2.75) is 26.4 Å². The maximum Gasteiger partial charge on any atom is 0.317 e. The van der Waals surface area contributed by atoms with Crippen molar-refractivity contribution in [1.29, 1.82) is 0 Å². The summed E-state index contributed by atoms with van der Waals surface area (Å²) in [5.41, 5.74) is 0.874. The summed E-state index contributed by atoms with van der Waals surface area (Å²) in [5.74, 6) is 0.766. The van der Waals surface area contributed by atoms with Gasteiger partial charge in [0, 0.05) is 37.2 Å². The van der Waals surface area contributed by atoms with Crippen molar-refractivity contribution in [1.82, 2.24) is 35.3 Å². The molecule has 2 amide bonds. The molecule has 0 atom stereocenters. The number of hydrogen-bond acceptors (Lipinski definition) is 5. The van der Waals surface area contributed by atoms with E-state index in [1.54, 1.807) is 4.68 Å². The first-order chi connectivity index (χ1) is 12.0. The maximum absolute atomic E-state index is 12.0. The summed E-state index contributed by atoms with van der Waals surface area (Å²) in [6.07, 6.45) is 0. The Bertz CT molecular complexity index is 708. The largest absolute Gasteiger partial charge is 0.336 e. The number of nitrogens with one attached hydrogen (secondary N) is 1. The third-order valence-corrected chi connectivity index (χ3v) is 4.29. The minimum absolute atomic E-state index is 0.000600. The summed E-state index contributed by atoms with van der Waals surface area (Å²) >= 11 is 5.93. The lowest BCUT2D eigenvalue weighted by molar-refractivity contribution is 0.132. The molecule has 25 heavy (non-hydrogen) atoms. The monoisotopic (exact) mass is 363 g/mol. The molecule has 2 aromatic rings. The Morgan fingerprint density at radius 1 is 1.20 bits per heavy atom. The second kappa shape index (κ2) is 7.79. The number of urea groups is 1. The molecule has 1 aliphatic rings. The Morgan fingerprint density at radius 3 is 2.52 bits per heavy atom. The summed E-state index contributed by atoms with van der Waals surface area (Å²) in [5, 5.41) is 15.6. The number of aromatic nitrogens is 4. The van der Waals surface area contributed by atoms with E-state index in [9.17, 15) is 4.79 Å². The van der Waals surface area contributed by atoms with Crippen molar-refractivity contribution in [3.63, 3.8) is 0 Å². The van der Waals surface area contributed by atoms with Gasteiger partial charge in [0.2, 0.25) is 0 Å². The maximum atomic E-state index is 12.0. The first-order valence-electron chi connectivity index (χ1n) is 8.34. The molecule has 0 unspecified atom stereocenters. The normalized spacial score (nSPS) is 15.6. The van der Waals surface area contributed by atoms with Crippen LogP contribution in [0.2, 0.25) is 5.02 Å². The Kier molecular flexibility index (Phi) is 5.50. The van der Waals surface area contributed by atoms with Gasteiger partial charge in [-0.15, -0.1) is 5.10 Å². The van der Waals surface area contributed by atoms with E-state index in [1.165, 1.54) is 0 Å². The summed E-state index contributed by atoms with van der Waals surface area (Å²) in [4.78, 5) is 16.1. The number of amides is 2. The first kappa shape index (κ1) is 17.6. The first-order valence-corrected chi connectivity index (χ1v) is 8.71. The SMILES string of the molecule is CC(C)NC(=O)N1CCN(Cc2nnnn2-c2ccc(Cl)cc2)CC1. The summed E-state index contributed by atoms with van der Waals surface area (Å²) < 4.78 is 1.72. The predicted octanol–water partition coefficient (Wildman–Crippen LogP) is 1.55. The highest BCUT2D eigenvalue weighted by Gasteiger charge is 2.23. The fraction of sp³-hybridized carbons (Fsp3) is 0.500. The molecule has 1 saturated heterocycles. The van der Waals surface area contributed by atoms with E-state index in [4.69, 9.17) is 11.6 Å². The Balaban J connectivity index is 1.59. The highest BCUT2D eigenvalue weighted by atomic mass is 35.5. The van der Waals surface area contributed by atoms with E-state index >= 15 is 0 Å². The third-order valence-electron chi connectivity index (χ3n) is 4.04. The van der Waals surface area contributed by atoms with E-state index in [0.717, 1.165) is 24.6 Å². The van der Waals surface area contributed by atoms with Crippen LogP contribution in [0.1, 0.15) is 19.7 Å². The number of halogens is 1. The van der Waals surface area contributed by atoms with Crippen molar-refractivity contribution in [2.75, 3.05) is 26.2 Å². The van der Waals surface area contributed by atoms with Gasteiger partial charge in [-0.1, -0.05) is 11.6 Å². The van der Waals surface area contributed by atoms with Crippen LogP contribution in [-0.2, 0) is 6.54 Å². The van der Waals surface area contributed by atoms with Crippen LogP contribution in [0.5, 0.6) is 0 Å². The molecule has 8 nitrogen and oxygen atoms in total. The standard InChI is InChI=1S/C16H22ClN7O/c1-12(2)18-16(25)23-9-7-22(8-10-23)11-15-19-20-21-24(15)14-5-3-13(17)4-6-14/h3-6,12H,7-11H2,1-2H3,(H,18,25). The highest BCUT2D eigenvalue weighted by molar-refractivity contribution is 6.30.